The molecule has 1 aromatic rings. The minimum absolute atomic E-state index is 0.655. The monoisotopic (exact) mass is 207 g/mol. The highest BCUT2D eigenvalue weighted by atomic mass is 32.2. The quantitative estimate of drug-likeness (QED) is 0.706. The molecular formula is C11H13NOS. The first kappa shape index (κ1) is 8.60. The lowest BCUT2D eigenvalue weighted by atomic mass is 9.94. The fourth-order valence-corrected chi connectivity index (χ4v) is 3.79. The van der Waals surface area contributed by atoms with Gasteiger partial charge in [0.05, 0.1) is 10.8 Å². The molecule has 1 heterocycles. The number of pyridine rings is 1. The van der Waals surface area contributed by atoms with Crippen LogP contribution in [0.1, 0.15) is 42.2 Å². The minimum atomic E-state index is -0.924. The topological polar surface area (TPSA) is 30.0 Å². The predicted octanol–water partition coefficient (Wildman–Crippen LogP) is 2.18. The Bertz CT molecular complexity index is 416. The molecule has 2 nitrogen and oxygen atoms in total. The smallest absolute Gasteiger partial charge is 0.130 e. The van der Waals surface area contributed by atoms with E-state index in [1.54, 1.807) is 6.26 Å². The Labute approximate surface area is 86.2 Å². The average Bonchev–Trinajstić information content (AvgIpc) is 2.77. The van der Waals surface area contributed by atoms with Gasteiger partial charge in [-0.2, -0.15) is 0 Å². The average molecular weight is 207 g/mol. The van der Waals surface area contributed by atoms with Crippen molar-refractivity contribution in [2.24, 2.45) is 0 Å². The number of rotatable bonds is 1. The molecule has 3 atom stereocenters. The van der Waals surface area contributed by atoms with Crippen LogP contribution in [0, 0.1) is 0 Å². The van der Waals surface area contributed by atoms with Gasteiger partial charge in [-0.15, -0.1) is 0 Å². The lowest BCUT2D eigenvalue weighted by molar-refractivity contribution is 0.668. The Morgan fingerprint density at radius 2 is 2.21 bits per heavy atom. The molecule has 14 heavy (non-hydrogen) atoms. The maximum Gasteiger partial charge on any atom is 0.130 e. The second-order valence-corrected chi connectivity index (χ2v) is 5.57. The van der Waals surface area contributed by atoms with Crippen LogP contribution in [0.2, 0.25) is 0 Å². The summed E-state index contributed by atoms with van der Waals surface area (Å²) in [5.74, 6) is 1.39. The van der Waals surface area contributed by atoms with Crippen molar-refractivity contribution in [1.82, 2.24) is 4.98 Å². The van der Waals surface area contributed by atoms with E-state index in [0.29, 0.717) is 5.92 Å². The van der Waals surface area contributed by atoms with Gasteiger partial charge in [0.25, 0.3) is 0 Å². The van der Waals surface area contributed by atoms with Crippen LogP contribution >= 0.6 is 0 Å². The molecule has 2 bridgehead atoms. The summed E-state index contributed by atoms with van der Waals surface area (Å²) in [6.45, 7) is 0. The molecule has 3 rings (SSSR count). The van der Waals surface area contributed by atoms with E-state index in [9.17, 15) is 4.21 Å². The van der Waals surface area contributed by atoms with Gasteiger partial charge in [0, 0.05) is 12.5 Å². The van der Waals surface area contributed by atoms with Crippen molar-refractivity contribution >= 4 is 10.8 Å². The van der Waals surface area contributed by atoms with E-state index in [4.69, 9.17) is 0 Å². The van der Waals surface area contributed by atoms with Gasteiger partial charge in [-0.05, 0) is 48.3 Å². The molecule has 0 amide bonds. The Balaban J connectivity index is 2.23. The minimum Gasteiger partial charge on any atom is -0.253 e. The van der Waals surface area contributed by atoms with Crippen molar-refractivity contribution in [3.05, 3.63) is 23.4 Å². The maximum atomic E-state index is 11.5. The Kier molecular flexibility index (Phi) is 1.78. The Morgan fingerprint density at radius 3 is 3.00 bits per heavy atom. The number of fused-ring (bicyclic) bond motifs is 5. The lowest BCUT2D eigenvalue weighted by Crippen LogP contribution is -2.05. The van der Waals surface area contributed by atoms with Gasteiger partial charge in [-0.3, -0.25) is 4.21 Å². The third-order valence-corrected chi connectivity index (χ3v) is 4.41. The van der Waals surface area contributed by atoms with E-state index in [2.05, 4.69) is 11.1 Å². The highest BCUT2D eigenvalue weighted by molar-refractivity contribution is 7.84. The van der Waals surface area contributed by atoms with Gasteiger partial charge in [-0.1, -0.05) is 0 Å². The van der Waals surface area contributed by atoms with Gasteiger partial charge in [-0.25, -0.2) is 4.98 Å². The van der Waals surface area contributed by atoms with Crippen LogP contribution in [0.5, 0.6) is 0 Å². The first-order chi connectivity index (χ1) is 6.77. The summed E-state index contributed by atoms with van der Waals surface area (Å²) in [5.41, 5.74) is 2.76. The summed E-state index contributed by atoms with van der Waals surface area (Å²) >= 11 is 0. The highest BCUT2D eigenvalue weighted by Gasteiger charge is 2.39. The van der Waals surface area contributed by atoms with E-state index < -0.39 is 10.8 Å². The summed E-state index contributed by atoms with van der Waals surface area (Å²) in [5, 5.41) is 0.842. The van der Waals surface area contributed by atoms with Crippen LogP contribution in [0.25, 0.3) is 0 Å². The Hall–Kier alpha value is -0.700. The first-order valence-electron chi connectivity index (χ1n) is 5.09. The van der Waals surface area contributed by atoms with E-state index >= 15 is 0 Å². The van der Waals surface area contributed by atoms with Crippen LogP contribution in [0.4, 0.5) is 0 Å². The van der Waals surface area contributed by atoms with Crippen LogP contribution in [-0.4, -0.2) is 15.4 Å². The molecule has 3 heteroatoms. The largest absolute Gasteiger partial charge is 0.253 e. The van der Waals surface area contributed by atoms with Crippen LogP contribution in [0.15, 0.2) is 17.3 Å². The van der Waals surface area contributed by atoms with E-state index in [1.165, 1.54) is 30.4 Å². The summed E-state index contributed by atoms with van der Waals surface area (Å²) in [4.78, 5) is 4.27. The molecule has 0 N–H and O–H groups in total. The van der Waals surface area contributed by atoms with Gasteiger partial charge in [0.2, 0.25) is 0 Å². The molecule has 74 valence electrons. The van der Waals surface area contributed by atoms with E-state index in [0.717, 1.165) is 10.9 Å². The zero-order chi connectivity index (χ0) is 9.71. The van der Waals surface area contributed by atoms with Gasteiger partial charge in [0.1, 0.15) is 5.03 Å². The molecule has 0 radical (unpaired) electrons. The van der Waals surface area contributed by atoms with Gasteiger partial charge >= 0.3 is 0 Å². The molecule has 1 fully saturated rings. The fraction of sp³-hybridized carbons (Fsp3) is 0.545. The molecular weight excluding hydrogens is 194 g/mol. The standard InChI is InChI=1S/C11H13NOS/c1-14(13)11-10-8-3-2-7(6-8)9(10)4-5-12-11/h4-5,7-8H,2-3,6H2,1H3/t7-,8-,14-/m0/s1. The molecule has 0 spiro atoms. The fourth-order valence-electron chi connectivity index (χ4n) is 2.99. The number of hydrogen-bond donors (Lipinski definition) is 0. The predicted molar refractivity (Wildman–Crippen MR) is 55.9 cm³/mol. The molecule has 0 saturated heterocycles. The molecule has 2 aliphatic rings. The third-order valence-electron chi connectivity index (χ3n) is 3.54. The second-order valence-electron chi connectivity index (χ2n) is 4.28. The van der Waals surface area contributed by atoms with Crippen molar-refractivity contribution in [2.75, 3.05) is 6.26 Å². The number of aromatic nitrogens is 1. The summed E-state index contributed by atoms with van der Waals surface area (Å²) < 4.78 is 11.5. The van der Waals surface area contributed by atoms with Crippen molar-refractivity contribution in [2.45, 2.75) is 36.1 Å². The van der Waals surface area contributed by atoms with Crippen molar-refractivity contribution in [1.29, 1.82) is 0 Å². The highest BCUT2D eigenvalue weighted by Crippen LogP contribution is 2.53. The van der Waals surface area contributed by atoms with Crippen molar-refractivity contribution in [3.63, 3.8) is 0 Å². The Morgan fingerprint density at radius 1 is 1.43 bits per heavy atom. The van der Waals surface area contributed by atoms with Crippen molar-refractivity contribution in [3.8, 4) is 0 Å². The molecule has 1 aromatic heterocycles. The molecule has 0 unspecified atom stereocenters. The third kappa shape index (κ3) is 1.02. The number of nitrogens with zero attached hydrogens (tertiary/aromatic N) is 1. The van der Waals surface area contributed by atoms with Crippen LogP contribution in [0.3, 0.4) is 0 Å². The van der Waals surface area contributed by atoms with Gasteiger partial charge in [0.15, 0.2) is 0 Å². The zero-order valence-electron chi connectivity index (χ0n) is 8.19. The molecule has 2 aliphatic carbocycles. The number of hydrogen-bond acceptors (Lipinski definition) is 2. The second kappa shape index (κ2) is 2.89. The van der Waals surface area contributed by atoms with Crippen LogP contribution < -0.4 is 0 Å². The maximum absolute atomic E-state index is 11.5. The van der Waals surface area contributed by atoms with E-state index in [-0.39, 0.29) is 0 Å². The molecule has 0 aliphatic heterocycles. The van der Waals surface area contributed by atoms with Crippen LogP contribution in [-0.2, 0) is 10.8 Å². The molecule has 1 saturated carbocycles. The summed E-state index contributed by atoms with van der Waals surface area (Å²) in [7, 11) is -0.924. The lowest BCUT2D eigenvalue weighted by Gasteiger charge is -2.16. The van der Waals surface area contributed by atoms with Gasteiger partial charge < -0.3 is 0 Å². The van der Waals surface area contributed by atoms with E-state index in [1.807, 2.05) is 6.20 Å². The first-order valence-corrected chi connectivity index (χ1v) is 6.65. The molecule has 0 aromatic carbocycles. The summed E-state index contributed by atoms with van der Waals surface area (Å²) in [6, 6.07) is 2.12. The van der Waals surface area contributed by atoms with Crippen molar-refractivity contribution < 1.29 is 4.21 Å². The normalized spacial score (nSPS) is 30.4. The summed E-state index contributed by atoms with van der Waals surface area (Å²) in [6.07, 6.45) is 7.40. The SMILES string of the molecule is C[S@](=O)c1nccc2c1[C@H]1CC[C@H]2C1. The zero-order valence-corrected chi connectivity index (χ0v) is 9.01.